The minimum Gasteiger partial charge on any atom is -0.493 e. The number of carbonyl (C=O) groups excluding carboxylic acids is 2. The molecule has 2 aromatic rings. The highest BCUT2D eigenvalue weighted by Crippen LogP contribution is 2.47. The Bertz CT molecular complexity index is 890. The van der Waals surface area contributed by atoms with E-state index >= 15 is 0 Å². The van der Waals surface area contributed by atoms with Crippen LogP contribution in [0.5, 0.6) is 11.5 Å². The van der Waals surface area contributed by atoms with Crippen LogP contribution in [0.3, 0.4) is 0 Å². The molecule has 1 saturated carbocycles. The predicted molar refractivity (Wildman–Crippen MR) is 112 cm³/mol. The molecule has 3 rings (SSSR count). The van der Waals surface area contributed by atoms with E-state index in [2.05, 4.69) is 10.6 Å². The summed E-state index contributed by atoms with van der Waals surface area (Å²) in [6, 6.07) is 13.4. The summed E-state index contributed by atoms with van der Waals surface area (Å²) < 4.78 is 10.5. The first-order valence-corrected chi connectivity index (χ1v) is 9.92. The molecule has 1 aliphatic rings. The fraction of sp³-hybridized carbons (Fsp3) is 0.391. The lowest BCUT2D eigenvalue weighted by molar-refractivity contribution is -0.134. The third-order valence-electron chi connectivity index (χ3n) is 5.41. The van der Waals surface area contributed by atoms with E-state index in [1.165, 1.54) is 0 Å². The SMILES string of the molecule is CCc1ccccc1NC(=O)C1(C(=O)NCCc2ccc(OC)c(OC)c2)CC1. The topological polar surface area (TPSA) is 76.7 Å². The van der Waals surface area contributed by atoms with Crippen molar-refractivity contribution in [2.45, 2.75) is 32.6 Å². The van der Waals surface area contributed by atoms with Crippen molar-refractivity contribution in [3.63, 3.8) is 0 Å². The van der Waals surface area contributed by atoms with Crippen molar-refractivity contribution in [2.24, 2.45) is 5.41 Å². The molecule has 0 heterocycles. The van der Waals surface area contributed by atoms with Gasteiger partial charge >= 0.3 is 0 Å². The standard InChI is InChI=1S/C23H28N2O4/c1-4-17-7-5-6-8-18(17)25-22(27)23(12-13-23)21(26)24-14-11-16-9-10-19(28-2)20(15-16)29-3/h5-10,15H,4,11-14H2,1-3H3,(H,24,26)(H,25,27). The van der Waals surface area contributed by atoms with Crippen LogP contribution in [-0.2, 0) is 22.4 Å². The number of hydrogen-bond acceptors (Lipinski definition) is 4. The highest BCUT2D eigenvalue weighted by Gasteiger charge is 2.56. The number of carbonyl (C=O) groups is 2. The molecular weight excluding hydrogens is 368 g/mol. The lowest BCUT2D eigenvalue weighted by Crippen LogP contribution is -2.40. The molecule has 2 aromatic carbocycles. The van der Waals surface area contributed by atoms with Crippen LogP contribution in [0.2, 0.25) is 0 Å². The van der Waals surface area contributed by atoms with Gasteiger partial charge in [0.25, 0.3) is 0 Å². The Morgan fingerprint density at radius 3 is 2.38 bits per heavy atom. The van der Waals surface area contributed by atoms with Crippen LogP contribution in [0.15, 0.2) is 42.5 Å². The van der Waals surface area contributed by atoms with E-state index < -0.39 is 5.41 Å². The lowest BCUT2D eigenvalue weighted by Gasteiger charge is -2.17. The first-order valence-electron chi connectivity index (χ1n) is 9.92. The van der Waals surface area contributed by atoms with Gasteiger partial charge in [0, 0.05) is 12.2 Å². The molecule has 0 unspecified atom stereocenters. The van der Waals surface area contributed by atoms with Gasteiger partial charge in [-0.25, -0.2) is 0 Å². The van der Waals surface area contributed by atoms with Gasteiger partial charge in [-0.3, -0.25) is 9.59 Å². The summed E-state index contributed by atoms with van der Waals surface area (Å²) in [6.45, 7) is 2.49. The van der Waals surface area contributed by atoms with Gasteiger partial charge in [-0.05, 0) is 55.0 Å². The average molecular weight is 396 g/mol. The second kappa shape index (κ2) is 8.99. The molecule has 6 heteroatoms. The number of methoxy groups -OCH3 is 2. The summed E-state index contributed by atoms with van der Waals surface area (Å²) in [7, 11) is 3.19. The van der Waals surface area contributed by atoms with Crippen molar-refractivity contribution in [1.82, 2.24) is 5.32 Å². The van der Waals surface area contributed by atoms with E-state index in [1.54, 1.807) is 14.2 Å². The molecule has 1 aliphatic carbocycles. The van der Waals surface area contributed by atoms with Crippen molar-refractivity contribution in [3.05, 3.63) is 53.6 Å². The number of amides is 2. The Hall–Kier alpha value is -3.02. The molecule has 154 valence electrons. The Morgan fingerprint density at radius 2 is 1.72 bits per heavy atom. The first-order chi connectivity index (χ1) is 14.0. The molecule has 1 fully saturated rings. The number of benzene rings is 2. The molecule has 0 saturated heterocycles. The van der Waals surface area contributed by atoms with Crippen molar-refractivity contribution >= 4 is 17.5 Å². The van der Waals surface area contributed by atoms with Crippen molar-refractivity contribution in [1.29, 1.82) is 0 Å². The van der Waals surface area contributed by atoms with Gasteiger partial charge in [0.05, 0.1) is 14.2 Å². The fourth-order valence-electron chi connectivity index (χ4n) is 3.40. The molecule has 2 N–H and O–H groups in total. The maximum absolute atomic E-state index is 12.8. The predicted octanol–water partition coefficient (Wildman–Crippen LogP) is 3.34. The molecule has 2 amide bonds. The number of aryl methyl sites for hydroxylation is 1. The highest BCUT2D eigenvalue weighted by molar-refractivity contribution is 6.13. The molecule has 0 bridgehead atoms. The monoisotopic (exact) mass is 396 g/mol. The number of para-hydroxylation sites is 1. The number of ether oxygens (including phenoxy) is 2. The minimum atomic E-state index is -0.946. The van der Waals surface area contributed by atoms with E-state index in [4.69, 9.17) is 9.47 Å². The smallest absolute Gasteiger partial charge is 0.240 e. The second-order valence-electron chi connectivity index (χ2n) is 7.24. The zero-order valence-corrected chi connectivity index (χ0v) is 17.2. The largest absolute Gasteiger partial charge is 0.493 e. The molecule has 0 atom stereocenters. The first kappa shape index (κ1) is 20.7. The fourth-order valence-corrected chi connectivity index (χ4v) is 3.40. The normalized spacial score (nSPS) is 14.0. The molecular formula is C23H28N2O4. The van der Waals surface area contributed by atoms with Gasteiger partial charge in [0.15, 0.2) is 11.5 Å². The van der Waals surface area contributed by atoms with Crippen LogP contribution in [0.4, 0.5) is 5.69 Å². The lowest BCUT2D eigenvalue weighted by atomic mass is 10.0. The highest BCUT2D eigenvalue weighted by atomic mass is 16.5. The van der Waals surface area contributed by atoms with E-state index in [0.29, 0.717) is 37.3 Å². The second-order valence-corrected chi connectivity index (χ2v) is 7.24. The van der Waals surface area contributed by atoms with E-state index in [9.17, 15) is 9.59 Å². The van der Waals surface area contributed by atoms with Crippen LogP contribution in [0, 0.1) is 5.41 Å². The summed E-state index contributed by atoms with van der Waals surface area (Å²) in [4.78, 5) is 25.5. The van der Waals surface area contributed by atoms with E-state index in [1.807, 2.05) is 49.4 Å². The summed E-state index contributed by atoms with van der Waals surface area (Å²) in [5.41, 5.74) is 1.92. The van der Waals surface area contributed by atoms with Gasteiger partial charge in [0.2, 0.25) is 11.8 Å². The molecule has 6 nitrogen and oxygen atoms in total. The van der Waals surface area contributed by atoms with Gasteiger partial charge < -0.3 is 20.1 Å². The van der Waals surface area contributed by atoms with Gasteiger partial charge in [-0.1, -0.05) is 31.2 Å². The number of nitrogens with one attached hydrogen (secondary N) is 2. The van der Waals surface area contributed by atoms with Crippen LogP contribution in [0.1, 0.15) is 30.9 Å². The Balaban J connectivity index is 1.57. The van der Waals surface area contributed by atoms with Crippen LogP contribution < -0.4 is 20.1 Å². The van der Waals surface area contributed by atoms with Gasteiger partial charge in [-0.15, -0.1) is 0 Å². The zero-order chi connectivity index (χ0) is 20.9. The minimum absolute atomic E-state index is 0.204. The summed E-state index contributed by atoms with van der Waals surface area (Å²) in [5, 5.41) is 5.87. The van der Waals surface area contributed by atoms with Crippen LogP contribution >= 0.6 is 0 Å². The van der Waals surface area contributed by atoms with E-state index in [0.717, 1.165) is 23.2 Å². The van der Waals surface area contributed by atoms with Crippen molar-refractivity contribution in [2.75, 3.05) is 26.1 Å². The molecule has 29 heavy (non-hydrogen) atoms. The Kier molecular flexibility index (Phi) is 6.42. The maximum Gasteiger partial charge on any atom is 0.240 e. The average Bonchev–Trinajstić information content (AvgIpc) is 3.56. The summed E-state index contributed by atoms with van der Waals surface area (Å²) >= 11 is 0. The third-order valence-corrected chi connectivity index (χ3v) is 5.41. The summed E-state index contributed by atoms with van der Waals surface area (Å²) in [5.74, 6) is 0.900. The Labute approximate surface area is 171 Å². The quantitative estimate of drug-likeness (QED) is 0.638. The number of hydrogen-bond donors (Lipinski definition) is 2. The Morgan fingerprint density at radius 1 is 1.00 bits per heavy atom. The zero-order valence-electron chi connectivity index (χ0n) is 17.2. The molecule has 0 radical (unpaired) electrons. The number of rotatable bonds is 9. The molecule has 0 aromatic heterocycles. The van der Waals surface area contributed by atoms with Gasteiger partial charge in [0.1, 0.15) is 5.41 Å². The van der Waals surface area contributed by atoms with Crippen molar-refractivity contribution < 1.29 is 19.1 Å². The van der Waals surface area contributed by atoms with Crippen LogP contribution in [0.25, 0.3) is 0 Å². The number of anilines is 1. The molecule has 0 spiro atoms. The third kappa shape index (κ3) is 4.53. The summed E-state index contributed by atoms with van der Waals surface area (Å²) in [6.07, 6.45) is 2.62. The van der Waals surface area contributed by atoms with E-state index in [-0.39, 0.29) is 11.8 Å². The maximum atomic E-state index is 12.8. The van der Waals surface area contributed by atoms with Crippen LogP contribution in [-0.4, -0.2) is 32.6 Å². The molecule has 0 aliphatic heterocycles. The van der Waals surface area contributed by atoms with Gasteiger partial charge in [-0.2, -0.15) is 0 Å². The van der Waals surface area contributed by atoms with Crippen molar-refractivity contribution in [3.8, 4) is 11.5 Å².